The van der Waals surface area contributed by atoms with Gasteiger partial charge in [0, 0.05) is 4.47 Å². The predicted molar refractivity (Wildman–Crippen MR) is 85.4 cm³/mol. The van der Waals surface area contributed by atoms with Crippen molar-refractivity contribution in [2.75, 3.05) is 10.6 Å². The number of hydrogen-bond donors (Lipinski definition) is 2. The van der Waals surface area contributed by atoms with Crippen molar-refractivity contribution in [2.24, 2.45) is 0 Å². The highest BCUT2D eigenvalue weighted by Crippen LogP contribution is 2.34. The van der Waals surface area contributed by atoms with E-state index in [2.05, 4.69) is 26.6 Å². The molecule has 2 aromatic rings. The monoisotopic (exact) mass is 392 g/mol. The van der Waals surface area contributed by atoms with Crippen LogP contribution in [-0.2, 0) is 6.18 Å². The minimum atomic E-state index is -4.51. The van der Waals surface area contributed by atoms with Gasteiger partial charge < -0.3 is 10.6 Å². The van der Waals surface area contributed by atoms with Gasteiger partial charge in [-0.1, -0.05) is 28.1 Å². The van der Waals surface area contributed by atoms with Crippen LogP contribution in [0.2, 0.25) is 0 Å². The molecule has 2 rings (SSSR count). The number of hydrogen-bond acceptors (Lipinski definition) is 1. The lowest BCUT2D eigenvalue weighted by molar-refractivity contribution is -0.136. The number of rotatable bonds is 2. The van der Waals surface area contributed by atoms with E-state index in [1.807, 2.05) is 0 Å². The lowest BCUT2D eigenvalue weighted by Gasteiger charge is -2.16. The molecule has 0 radical (unpaired) electrons. The Labute approximate surface area is 137 Å². The fourth-order valence-electron chi connectivity index (χ4n) is 1.71. The van der Waals surface area contributed by atoms with Gasteiger partial charge in [0.1, 0.15) is 5.82 Å². The number of nitrogens with one attached hydrogen (secondary N) is 2. The van der Waals surface area contributed by atoms with Gasteiger partial charge in [0.2, 0.25) is 0 Å². The first-order valence-corrected chi connectivity index (χ1v) is 7.17. The summed E-state index contributed by atoms with van der Waals surface area (Å²) in [6.07, 6.45) is -4.51. The summed E-state index contributed by atoms with van der Waals surface area (Å²) in [4.78, 5) is 0. The third-order valence-corrected chi connectivity index (χ3v) is 3.36. The van der Waals surface area contributed by atoms with Gasteiger partial charge in [-0.25, -0.2) is 4.39 Å². The van der Waals surface area contributed by atoms with Crippen molar-refractivity contribution >= 4 is 44.6 Å². The van der Waals surface area contributed by atoms with Crippen LogP contribution in [0.1, 0.15) is 5.56 Å². The van der Waals surface area contributed by atoms with E-state index in [4.69, 9.17) is 12.2 Å². The molecule has 0 bridgehead atoms. The summed E-state index contributed by atoms with van der Waals surface area (Å²) in [6, 6.07) is 9.12. The summed E-state index contributed by atoms with van der Waals surface area (Å²) in [5, 5.41) is 4.81. The smallest absolute Gasteiger partial charge is 0.332 e. The quantitative estimate of drug-likeness (QED) is 0.527. The second kappa shape index (κ2) is 6.62. The molecule has 0 saturated heterocycles. The van der Waals surface area contributed by atoms with E-state index in [0.29, 0.717) is 4.47 Å². The van der Waals surface area contributed by atoms with Crippen LogP contribution in [-0.4, -0.2) is 5.11 Å². The van der Waals surface area contributed by atoms with Crippen molar-refractivity contribution in [1.29, 1.82) is 0 Å². The second-order valence-corrected chi connectivity index (χ2v) is 5.57. The Morgan fingerprint density at radius 1 is 1.00 bits per heavy atom. The molecule has 2 aromatic carbocycles. The molecule has 0 unspecified atom stereocenters. The van der Waals surface area contributed by atoms with Crippen molar-refractivity contribution in [3.63, 3.8) is 0 Å². The van der Waals surface area contributed by atoms with E-state index in [1.54, 1.807) is 6.07 Å². The van der Waals surface area contributed by atoms with Crippen LogP contribution in [0.25, 0.3) is 0 Å². The number of thiocarbonyl (C=S) groups is 1. The summed E-state index contributed by atoms with van der Waals surface area (Å²) >= 11 is 8.03. The number of benzene rings is 2. The minimum Gasteiger partial charge on any atom is -0.332 e. The standard InChI is InChI=1S/C14H9BrF4N2S/c15-8-5-6-12(10(16)7-8)21-13(22)20-11-4-2-1-3-9(11)14(17,18)19/h1-7H,(H2,20,21,22). The summed E-state index contributed by atoms with van der Waals surface area (Å²) in [5.41, 5.74) is -0.995. The molecule has 8 heteroatoms. The third-order valence-electron chi connectivity index (χ3n) is 2.66. The maximum Gasteiger partial charge on any atom is 0.418 e. The molecule has 0 amide bonds. The average molecular weight is 393 g/mol. The fraction of sp³-hybridized carbons (Fsp3) is 0.0714. The number of para-hydroxylation sites is 1. The van der Waals surface area contributed by atoms with Gasteiger partial charge in [-0.05, 0) is 42.5 Å². The maximum atomic E-state index is 13.7. The van der Waals surface area contributed by atoms with E-state index < -0.39 is 17.6 Å². The number of halogens is 5. The Hall–Kier alpha value is -1.67. The molecule has 22 heavy (non-hydrogen) atoms. The molecule has 0 aliphatic rings. The Morgan fingerprint density at radius 2 is 1.64 bits per heavy atom. The van der Waals surface area contributed by atoms with E-state index >= 15 is 0 Å². The van der Waals surface area contributed by atoms with Gasteiger partial charge >= 0.3 is 6.18 Å². The highest BCUT2D eigenvalue weighted by Gasteiger charge is 2.33. The lowest BCUT2D eigenvalue weighted by atomic mass is 10.1. The zero-order valence-corrected chi connectivity index (χ0v) is 13.2. The first-order chi connectivity index (χ1) is 10.3. The molecule has 0 fully saturated rings. The van der Waals surface area contributed by atoms with Crippen LogP contribution in [0.15, 0.2) is 46.9 Å². The summed E-state index contributed by atoms with van der Waals surface area (Å²) in [5.74, 6) is -0.581. The molecule has 0 spiro atoms. The van der Waals surface area contributed by atoms with E-state index in [-0.39, 0.29) is 16.5 Å². The molecule has 0 aliphatic carbocycles. The largest absolute Gasteiger partial charge is 0.418 e. The maximum absolute atomic E-state index is 13.7. The second-order valence-electron chi connectivity index (χ2n) is 4.25. The topological polar surface area (TPSA) is 24.1 Å². The first-order valence-electron chi connectivity index (χ1n) is 5.96. The van der Waals surface area contributed by atoms with Gasteiger partial charge in [0.15, 0.2) is 5.11 Å². The number of alkyl halides is 3. The van der Waals surface area contributed by atoms with Gasteiger partial charge in [0.05, 0.1) is 16.9 Å². The predicted octanol–water partition coefficient (Wildman–Crippen LogP) is 5.42. The molecular weight excluding hydrogens is 384 g/mol. The average Bonchev–Trinajstić information content (AvgIpc) is 2.41. The van der Waals surface area contributed by atoms with Crippen molar-refractivity contribution in [3.8, 4) is 0 Å². The Kier molecular flexibility index (Phi) is 5.02. The highest BCUT2D eigenvalue weighted by molar-refractivity contribution is 9.10. The van der Waals surface area contributed by atoms with Gasteiger partial charge in [-0.3, -0.25) is 0 Å². The molecule has 0 aliphatic heterocycles. The van der Waals surface area contributed by atoms with Crippen molar-refractivity contribution in [2.45, 2.75) is 6.18 Å². The SMILES string of the molecule is Fc1cc(Br)ccc1NC(=S)Nc1ccccc1C(F)(F)F. The van der Waals surface area contributed by atoms with Gasteiger partial charge in [-0.2, -0.15) is 13.2 Å². The molecule has 0 heterocycles. The Morgan fingerprint density at radius 3 is 2.27 bits per heavy atom. The zero-order chi connectivity index (χ0) is 16.3. The summed E-state index contributed by atoms with van der Waals surface area (Å²) in [7, 11) is 0. The van der Waals surface area contributed by atoms with E-state index in [0.717, 1.165) is 6.07 Å². The summed E-state index contributed by atoms with van der Waals surface area (Å²) < 4.78 is 52.8. The first kappa shape index (κ1) is 16.7. The zero-order valence-electron chi connectivity index (χ0n) is 10.8. The van der Waals surface area contributed by atoms with Crippen LogP contribution in [0, 0.1) is 5.82 Å². The normalized spacial score (nSPS) is 11.1. The van der Waals surface area contributed by atoms with Gasteiger partial charge in [-0.15, -0.1) is 0 Å². The van der Waals surface area contributed by atoms with Crippen molar-refractivity contribution < 1.29 is 17.6 Å². The lowest BCUT2D eigenvalue weighted by Crippen LogP contribution is -2.22. The van der Waals surface area contributed by atoms with Crippen LogP contribution in [0.3, 0.4) is 0 Å². The molecule has 2 nitrogen and oxygen atoms in total. The molecule has 0 aromatic heterocycles. The van der Waals surface area contributed by atoms with Crippen LogP contribution >= 0.6 is 28.1 Å². The molecule has 116 valence electrons. The van der Waals surface area contributed by atoms with E-state index in [9.17, 15) is 17.6 Å². The van der Waals surface area contributed by atoms with Crippen LogP contribution in [0.4, 0.5) is 28.9 Å². The molecule has 0 atom stereocenters. The van der Waals surface area contributed by atoms with Crippen molar-refractivity contribution in [3.05, 3.63) is 58.3 Å². The minimum absolute atomic E-state index is 0.0604. The van der Waals surface area contributed by atoms with E-state index in [1.165, 1.54) is 30.3 Å². The Balaban J connectivity index is 2.16. The Bertz CT molecular complexity index is 703. The molecule has 2 N–H and O–H groups in total. The molecular formula is C14H9BrF4N2S. The third kappa shape index (κ3) is 4.17. The summed E-state index contributed by atoms with van der Waals surface area (Å²) in [6.45, 7) is 0. The fourth-order valence-corrected chi connectivity index (χ4v) is 2.26. The highest BCUT2D eigenvalue weighted by atomic mass is 79.9. The van der Waals surface area contributed by atoms with Gasteiger partial charge in [0.25, 0.3) is 0 Å². The number of anilines is 2. The van der Waals surface area contributed by atoms with Crippen LogP contribution in [0.5, 0.6) is 0 Å². The van der Waals surface area contributed by atoms with Crippen LogP contribution < -0.4 is 10.6 Å². The van der Waals surface area contributed by atoms with Crippen molar-refractivity contribution in [1.82, 2.24) is 0 Å². The molecule has 0 saturated carbocycles.